The highest BCUT2D eigenvalue weighted by molar-refractivity contribution is 6.07. The number of pyridine rings is 1. The van der Waals surface area contributed by atoms with Crippen LogP contribution < -0.4 is 20.9 Å². The van der Waals surface area contributed by atoms with Gasteiger partial charge in [-0.1, -0.05) is 32.0 Å². The fraction of sp³-hybridized carbons (Fsp3) is 0.400. The Morgan fingerprint density at radius 1 is 1.16 bits per heavy atom. The third-order valence-electron chi connectivity index (χ3n) is 7.84. The first-order valence-corrected chi connectivity index (χ1v) is 13.2. The van der Waals surface area contributed by atoms with Gasteiger partial charge < -0.3 is 20.9 Å². The van der Waals surface area contributed by atoms with Crippen molar-refractivity contribution in [1.29, 1.82) is 0 Å². The lowest BCUT2D eigenvalue weighted by Gasteiger charge is -2.37. The van der Waals surface area contributed by atoms with E-state index in [1.807, 2.05) is 6.07 Å². The number of nitrogens with zero attached hydrogens (tertiary/aromatic N) is 2. The Morgan fingerprint density at radius 3 is 2.68 bits per heavy atom. The molecule has 2 aliphatic rings. The Morgan fingerprint density at radius 2 is 1.92 bits per heavy atom. The molecule has 194 valence electrons. The molecule has 1 atom stereocenters. The average molecular weight is 502 g/mol. The van der Waals surface area contributed by atoms with Gasteiger partial charge in [0.25, 0.3) is 5.91 Å². The van der Waals surface area contributed by atoms with E-state index in [0.717, 1.165) is 30.9 Å². The number of benzene rings is 2. The van der Waals surface area contributed by atoms with Crippen molar-refractivity contribution in [3.8, 4) is 0 Å². The number of fused-ring (bicyclic) bond motifs is 1. The lowest BCUT2D eigenvalue weighted by molar-refractivity contribution is 0.102. The molecule has 3 N–H and O–H groups in total. The Balaban J connectivity index is 1.34. The molecule has 2 aromatic carbocycles. The van der Waals surface area contributed by atoms with Gasteiger partial charge in [-0.25, -0.2) is 9.37 Å². The van der Waals surface area contributed by atoms with Gasteiger partial charge in [0.05, 0.1) is 5.56 Å². The summed E-state index contributed by atoms with van der Waals surface area (Å²) < 4.78 is 13.2. The summed E-state index contributed by atoms with van der Waals surface area (Å²) in [6.45, 7) is 10.5. The quantitative estimate of drug-likeness (QED) is 0.395. The number of rotatable bonds is 7. The molecule has 0 saturated carbocycles. The van der Waals surface area contributed by atoms with Crippen LogP contribution >= 0.6 is 0 Å². The standard InChI is InChI=1S/C30H36FN5O/c1-20(22-12-15-32-16-13-22)36-19-30(2,3)26-11-10-24(17-27(26)36)35-29(37)25-5-4-14-33-28(25)34-18-21-6-8-23(31)9-7-21/h4-11,14,17,20,22,32H,12-13,15-16,18-19H2,1-3H3,(H,33,34)(H,35,37). The molecular formula is C30H36FN5O. The summed E-state index contributed by atoms with van der Waals surface area (Å²) in [4.78, 5) is 20.2. The zero-order valence-corrected chi connectivity index (χ0v) is 21.9. The van der Waals surface area contributed by atoms with E-state index in [1.165, 1.54) is 36.2 Å². The number of anilines is 3. The van der Waals surface area contributed by atoms with Gasteiger partial charge in [-0.2, -0.15) is 0 Å². The van der Waals surface area contributed by atoms with Crippen molar-refractivity contribution in [3.63, 3.8) is 0 Å². The molecule has 6 nitrogen and oxygen atoms in total. The van der Waals surface area contributed by atoms with Crippen molar-refractivity contribution in [2.45, 2.75) is 51.6 Å². The van der Waals surface area contributed by atoms with Gasteiger partial charge in [0, 0.05) is 42.1 Å². The molecule has 1 unspecified atom stereocenters. The molecule has 3 aromatic rings. The topological polar surface area (TPSA) is 69.3 Å². The molecule has 1 fully saturated rings. The van der Waals surface area contributed by atoms with Crippen molar-refractivity contribution in [2.24, 2.45) is 5.92 Å². The molecule has 0 radical (unpaired) electrons. The van der Waals surface area contributed by atoms with Crippen molar-refractivity contribution < 1.29 is 9.18 Å². The van der Waals surface area contributed by atoms with Crippen LogP contribution in [-0.2, 0) is 12.0 Å². The number of carbonyl (C=O) groups is 1. The molecule has 0 aliphatic carbocycles. The second kappa shape index (κ2) is 10.5. The van der Waals surface area contributed by atoms with E-state index < -0.39 is 0 Å². The zero-order chi connectivity index (χ0) is 26.0. The number of halogens is 1. The van der Waals surface area contributed by atoms with E-state index in [1.54, 1.807) is 30.5 Å². The summed E-state index contributed by atoms with van der Waals surface area (Å²) in [6.07, 6.45) is 4.04. The third-order valence-corrected chi connectivity index (χ3v) is 7.84. The minimum atomic E-state index is -0.275. The van der Waals surface area contributed by atoms with Gasteiger partial charge in [-0.15, -0.1) is 0 Å². The number of nitrogens with one attached hydrogen (secondary N) is 3. The normalized spacial score (nSPS) is 17.8. The summed E-state index contributed by atoms with van der Waals surface area (Å²) >= 11 is 0. The summed E-state index contributed by atoms with van der Waals surface area (Å²) in [5, 5.41) is 9.79. The molecule has 3 heterocycles. The lowest BCUT2D eigenvalue weighted by Crippen LogP contribution is -2.44. The summed E-state index contributed by atoms with van der Waals surface area (Å²) in [7, 11) is 0. The first-order chi connectivity index (χ1) is 17.8. The van der Waals surface area contributed by atoms with Crippen LogP contribution in [0.3, 0.4) is 0 Å². The Bertz CT molecular complexity index is 1250. The minimum absolute atomic E-state index is 0.0554. The minimum Gasteiger partial charge on any atom is -0.367 e. The summed E-state index contributed by atoms with van der Waals surface area (Å²) in [5.74, 6) is 0.659. The van der Waals surface area contributed by atoms with Gasteiger partial charge in [-0.05, 0) is 86.3 Å². The predicted molar refractivity (Wildman–Crippen MR) is 148 cm³/mol. The van der Waals surface area contributed by atoms with E-state index in [9.17, 15) is 9.18 Å². The number of aromatic nitrogens is 1. The van der Waals surface area contributed by atoms with Crippen molar-refractivity contribution in [3.05, 3.63) is 83.3 Å². The molecule has 0 spiro atoms. The maximum Gasteiger partial charge on any atom is 0.259 e. The largest absolute Gasteiger partial charge is 0.367 e. The third kappa shape index (κ3) is 5.47. The van der Waals surface area contributed by atoms with Gasteiger partial charge in [0.1, 0.15) is 11.6 Å². The SMILES string of the molecule is CC(C1CCNCC1)N1CC(C)(C)c2ccc(NC(=O)c3cccnc3NCc3ccc(F)cc3)cc21. The van der Waals surface area contributed by atoms with Crippen LogP contribution in [0.4, 0.5) is 21.6 Å². The molecular weight excluding hydrogens is 465 g/mol. The predicted octanol–water partition coefficient (Wildman–Crippen LogP) is 5.57. The highest BCUT2D eigenvalue weighted by atomic mass is 19.1. The molecule has 0 bridgehead atoms. The Hall–Kier alpha value is -3.45. The number of hydrogen-bond acceptors (Lipinski definition) is 5. The van der Waals surface area contributed by atoms with Crippen LogP contribution in [0.15, 0.2) is 60.8 Å². The first kappa shape index (κ1) is 25.2. The molecule has 5 rings (SSSR count). The van der Waals surface area contributed by atoms with Crippen molar-refractivity contribution >= 4 is 23.1 Å². The monoisotopic (exact) mass is 501 g/mol. The molecule has 7 heteroatoms. The number of carbonyl (C=O) groups excluding carboxylic acids is 1. The van der Waals surface area contributed by atoms with Crippen LogP contribution in [0.1, 0.15) is 55.1 Å². The zero-order valence-electron chi connectivity index (χ0n) is 21.9. The fourth-order valence-corrected chi connectivity index (χ4v) is 5.68. The van der Waals surface area contributed by atoms with E-state index in [-0.39, 0.29) is 17.1 Å². The van der Waals surface area contributed by atoms with Gasteiger partial charge >= 0.3 is 0 Å². The molecule has 1 saturated heterocycles. The lowest BCUT2D eigenvalue weighted by atomic mass is 9.87. The number of hydrogen-bond donors (Lipinski definition) is 3. The van der Waals surface area contributed by atoms with E-state index >= 15 is 0 Å². The molecule has 1 amide bonds. The van der Waals surface area contributed by atoms with Gasteiger partial charge in [0.2, 0.25) is 0 Å². The number of amides is 1. The van der Waals surface area contributed by atoms with E-state index in [4.69, 9.17) is 0 Å². The average Bonchev–Trinajstić information content (AvgIpc) is 3.18. The van der Waals surface area contributed by atoms with Crippen LogP contribution in [0, 0.1) is 11.7 Å². The smallest absolute Gasteiger partial charge is 0.259 e. The molecule has 1 aromatic heterocycles. The van der Waals surface area contributed by atoms with E-state index in [2.05, 4.69) is 58.7 Å². The number of piperidine rings is 1. The second-order valence-corrected chi connectivity index (χ2v) is 10.9. The Labute approximate surface area is 218 Å². The second-order valence-electron chi connectivity index (χ2n) is 10.9. The molecule has 37 heavy (non-hydrogen) atoms. The Kier molecular flexibility index (Phi) is 7.15. The van der Waals surface area contributed by atoms with Gasteiger partial charge in [0.15, 0.2) is 0 Å². The summed E-state index contributed by atoms with van der Waals surface area (Å²) in [5.41, 5.74) is 4.74. The van der Waals surface area contributed by atoms with Crippen LogP contribution in [0.5, 0.6) is 0 Å². The fourth-order valence-electron chi connectivity index (χ4n) is 5.68. The first-order valence-electron chi connectivity index (χ1n) is 13.2. The van der Waals surface area contributed by atoms with Crippen molar-refractivity contribution in [2.75, 3.05) is 35.2 Å². The van der Waals surface area contributed by atoms with Crippen LogP contribution in [-0.4, -0.2) is 36.6 Å². The van der Waals surface area contributed by atoms with Crippen LogP contribution in [0.2, 0.25) is 0 Å². The van der Waals surface area contributed by atoms with Crippen LogP contribution in [0.25, 0.3) is 0 Å². The highest BCUT2D eigenvalue weighted by Crippen LogP contribution is 2.44. The van der Waals surface area contributed by atoms with Crippen molar-refractivity contribution in [1.82, 2.24) is 10.3 Å². The maximum absolute atomic E-state index is 13.3. The highest BCUT2D eigenvalue weighted by Gasteiger charge is 2.39. The summed E-state index contributed by atoms with van der Waals surface area (Å²) in [6, 6.07) is 16.5. The van der Waals surface area contributed by atoms with Gasteiger partial charge in [-0.3, -0.25) is 4.79 Å². The van der Waals surface area contributed by atoms with E-state index in [0.29, 0.717) is 29.9 Å². The molecule has 2 aliphatic heterocycles. The maximum atomic E-state index is 13.3.